The van der Waals surface area contributed by atoms with E-state index in [4.69, 9.17) is 9.47 Å². The van der Waals surface area contributed by atoms with Crippen LogP contribution in [0.1, 0.15) is 18.4 Å². The molecule has 0 aliphatic carbocycles. The predicted molar refractivity (Wildman–Crippen MR) is 121 cm³/mol. The van der Waals surface area contributed by atoms with Crippen LogP contribution in [0.15, 0.2) is 48.0 Å². The van der Waals surface area contributed by atoms with Crippen molar-refractivity contribution in [2.45, 2.75) is 17.9 Å². The highest BCUT2D eigenvalue weighted by atomic mass is 32.2. The quantitative estimate of drug-likeness (QED) is 0.591. The number of rotatable bonds is 6. The Balaban J connectivity index is 0.00000272. The highest BCUT2D eigenvalue weighted by Gasteiger charge is 2.20. The van der Waals surface area contributed by atoms with Crippen molar-refractivity contribution in [3.8, 4) is 22.9 Å². The monoisotopic (exact) mass is 461 g/mol. The van der Waals surface area contributed by atoms with E-state index in [2.05, 4.69) is 32.2 Å². The first-order valence-electron chi connectivity index (χ1n) is 9.39. The molecule has 0 fully saturated rings. The van der Waals surface area contributed by atoms with Crippen molar-refractivity contribution in [3.05, 3.63) is 48.5 Å². The lowest BCUT2D eigenvalue weighted by atomic mass is 10.0. The summed E-state index contributed by atoms with van der Waals surface area (Å²) in [6.07, 6.45) is 5.79. The number of nitrogens with zero attached hydrogens (tertiary/aromatic N) is 4. The van der Waals surface area contributed by atoms with Gasteiger partial charge < -0.3 is 14.8 Å². The van der Waals surface area contributed by atoms with Crippen molar-refractivity contribution in [1.29, 1.82) is 0 Å². The highest BCUT2D eigenvalue weighted by molar-refractivity contribution is 7.90. The normalized spacial score (nSPS) is 13.7. The first-order valence-corrected chi connectivity index (χ1v) is 11.3. The second-order valence-electron chi connectivity index (χ2n) is 6.96. The van der Waals surface area contributed by atoms with E-state index in [1.165, 1.54) is 18.6 Å². The van der Waals surface area contributed by atoms with E-state index >= 15 is 0 Å². The molecule has 0 unspecified atom stereocenters. The molecule has 1 atom stereocenters. The van der Waals surface area contributed by atoms with E-state index in [0.717, 1.165) is 11.8 Å². The van der Waals surface area contributed by atoms with E-state index in [1.54, 1.807) is 18.3 Å². The molecule has 164 valence electrons. The first-order chi connectivity index (χ1) is 14.4. The maximum Gasteiger partial charge on any atom is 0.257 e. The summed E-state index contributed by atoms with van der Waals surface area (Å²) in [6, 6.07) is 6.88. The van der Waals surface area contributed by atoms with Crippen molar-refractivity contribution in [3.63, 3.8) is 0 Å². The number of ether oxygens (including phenoxy) is 2. The van der Waals surface area contributed by atoms with Gasteiger partial charge in [-0.3, -0.25) is 0 Å². The maximum atomic E-state index is 11.6. The molecule has 0 aromatic carbocycles. The molecule has 3 aromatic heterocycles. The molecule has 0 amide bonds. The van der Waals surface area contributed by atoms with Gasteiger partial charge in [0.05, 0.1) is 5.69 Å². The van der Waals surface area contributed by atoms with Crippen molar-refractivity contribution in [1.82, 2.24) is 19.9 Å². The van der Waals surface area contributed by atoms with Crippen molar-refractivity contribution >= 4 is 29.2 Å². The number of nitrogens with one attached hydrogen (secondary N) is 1. The van der Waals surface area contributed by atoms with Crippen molar-refractivity contribution in [2.24, 2.45) is 0 Å². The summed E-state index contributed by atoms with van der Waals surface area (Å²) in [5, 5.41) is 3.34. The van der Waals surface area contributed by atoms with Crippen LogP contribution < -0.4 is 14.8 Å². The summed E-state index contributed by atoms with van der Waals surface area (Å²) in [5.41, 5.74) is 2.36. The van der Waals surface area contributed by atoms with E-state index in [1.807, 2.05) is 6.07 Å². The molecule has 1 aliphatic heterocycles. The molecule has 0 bridgehead atoms. The first kappa shape index (κ1) is 22.8. The van der Waals surface area contributed by atoms with Crippen LogP contribution in [0.25, 0.3) is 11.3 Å². The predicted octanol–water partition coefficient (Wildman–Crippen LogP) is 2.44. The van der Waals surface area contributed by atoms with E-state index in [9.17, 15) is 8.42 Å². The SMILES string of the molecule is C[C@H](CNc1cc(-c2ccc(S(C)(=O)=O)nc2)ncn1)c1ccnc2c1OCCO2.S. The molecular formula is C20H23N5O4S2. The van der Waals surface area contributed by atoms with Crippen LogP contribution in [0.3, 0.4) is 0 Å². The summed E-state index contributed by atoms with van der Waals surface area (Å²) in [4.78, 5) is 16.8. The molecule has 0 saturated heterocycles. The van der Waals surface area contributed by atoms with Crippen molar-refractivity contribution < 1.29 is 17.9 Å². The summed E-state index contributed by atoms with van der Waals surface area (Å²) >= 11 is 0. The molecule has 11 heteroatoms. The Labute approximate surface area is 187 Å². The minimum Gasteiger partial charge on any atom is -0.484 e. The number of hydrogen-bond donors (Lipinski definition) is 1. The summed E-state index contributed by atoms with van der Waals surface area (Å²) in [5.74, 6) is 2.00. The second-order valence-corrected chi connectivity index (χ2v) is 8.92. The molecule has 31 heavy (non-hydrogen) atoms. The number of hydrogen-bond acceptors (Lipinski definition) is 9. The van der Waals surface area contributed by atoms with Gasteiger partial charge in [-0.25, -0.2) is 28.4 Å². The fraction of sp³-hybridized carbons (Fsp3) is 0.300. The van der Waals surface area contributed by atoms with E-state index in [0.29, 0.717) is 48.5 Å². The van der Waals surface area contributed by atoms with Crippen molar-refractivity contribution in [2.75, 3.05) is 31.3 Å². The Bertz CT molecular complexity index is 1160. The highest BCUT2D eigenvalue weighted by Crippen LogP contribution is 2.35. The van der Waals surface area contributed by atoms with Gasteiger partial charge in [0.15, 0.2) is 20.6 Å². The maximum absolute atomic E-state index is 11.6. The third-order valence-electron chi connectivity index (χ3n) is 4.67. The van der Waals surface area contributed by atoms with Crippen LogP contribution in [0.2, 0.25) is 0 Å². The Morgan fingerprint density at radius 1 is 1.10 bits per heavy atom. The topological polar surface area (TPSA) is 116 Å². The zero-order valence-electron chi connectivity index (χ0n) is 17.1. The molecular weight excluding hydrogens is 438 g/mol. The Hall–Kier alpha value is -2.92. The van der Waals surface area contributed by atoms with Crippen LogP contribution in [0.4, 0.5) is 5.82 Å². The van der Waals surface area contributed by atoms with Crippen LogP contribution in [0.5, 0.6) is 11.6 Å². The zero-order valence-corrected chi connectivity index (χ0v) is 18.9. The van der Waals surface area contributed by atoms with Gasteiger partial charge in [-0.05, 0) is 18.2 Å². The minimum atomic E-state index is -3.34. The lowest BCUT2D eigenvalue weighted by molar-refractivity contribution is 0.162. The van der Waals surface area contributed by atoms with Gasteiger partial charge in [0, 0.05) is 48.3 Å². The van der Waals surface area contributed by atoms with Gasteiger partial charge in [-0.15, -0.1) is 0 Å². The smallest absolute Gasteiger partial charge is 0.257 e. The lowest BCUT2D eigenvalue weighted by Crippen LogP contribution is -2.19. The molecule has 0 radical (unpaired) electrons. The second kappa shape index (κ2) is 9.48. The third kappa shape index (κ3) is 5.23. The number of fused-ring (bicyclic) bond motifs is 1. The van der Waals surface area contributed by atoms with Gasteiger partial charge >= 0.3 is 0 Å². The Kier molecular flexibility index (Phi) is 6.96. The average molecular weight is 462 g/mol. The third-order valence-corrected chi connectivity index (χ3v) is 5.67. The lowest BCUT2D eigenvalue weighted by Gasteiger charge is -2.22. The molecule has 4 rings (SSSR count). The standard InChI is InChI=1S/C20H21N5O4S.H2S/c1-13(15-5-6-21-20-19(15)28-7-8-29-20)10-22-17-9-16(24-12-25-17)14-3-4-18(23-11-14)30(2,26)27;/h3-6,9,11-13H,7-8,10H2,1-2H3,(H,22,24,25);1H2/t13-;/m1./s1. The van der Waals surface area contributed by atoms with Gasteiger partial charge in [0.25, 0.3) is 5.88 Å². The molecule has 1 N–H and O–H groups in total. The van der Waals surface area contributed by atoms with Crippen LogP contribution in [0, 0.1) is 0 Å². The largest absolute Gasteiger partial charge is 0.484 e. The van der Waals surface area contributed by atoms with Gasteiger partial charge in [0.1, 0.15) is 25.4 Å². The summed E-state index contributed by atoms with van der Waals surface area (Å²) in [7, 11) is -3.34. The van der Waals surface area contributed by atoms with Crippen LogP contribution in [-0.2, 0) is 9.84 Å². The fourth-order valence-electron chi connectivity index (χ4n) is 3.09. The summed E-state index contributed by atoms with van der Waals surface area (Å²) < 4.78 is 34.4. The molecule has 0 saturated carbocycles. The number of sulfone groups is 1. The number of anilines is 1. The van der Waals surface area contributed by atoms with E-state index < -0.39 is 9.84 Å². The van der Waals surface area contributed by atoms with Crippen LogP contribution >= 0.6 is 13.5 Å². The van der Waals surface area contributed by atoms with Gasteiger partial charge in [0.2, 0.25) is 0 Å². The Morgan fingerprint density at radius 2 is 1.90 bits per heavy atom. The van der Waals surface area contributed by atoms with Gasteiger partial charge in [-0.2, -0.15) is 13.5 Å². The number of pyridine rings is 2. The molecule has 0 spiro atoms. The molecule has 4 heterocycles. The van der Waals surface area contributed by atoms with Gasteiger partial charge in [-0.1, -0.05) is 6.92 Å². The minimum absolute atomic E-state index is 0. The average Bonchev–Trinajstić information content (AvgIpc) is 2.77. The Morgan fingerprint density at radius 3 is 2.65 bits per heavy atom. The fourth-order valence-corrected chi connectivity index (χ4v) is 3.65. The number of aromatic nitrogens is 4. The van der Waals surface area contributed by atoms with Crippen LogP contribution in [-0.4, -0.2) is 54.4 Å². The molecule has 3 aromatic rings. The summed E-state index contributed by atoms with van der Waals surface area (Å²) in [6.45, 7) is 3.70. The zero-order chi connectivity index (χ0) is 21.1. The molecule has 9 nitrogen and oxygen atoms in total. The molecule has 1 aliphatic rings. The van der Waals surface area contributed by atoms with E-state index in [-0.39, 0.29) is 24.4 Å².